The molecule has 0 aliphatic heterocycles. The van der Waals surface area contributed by atoms with E-state index in [1.165, 1.54) is 24.8 Å². The molecule has 0 fully saturated rings. The van der Waals surface area contributed by atoms with Crippen LogP contribution in [0.4, 0.5) is 0 Å². The van der Waals surface area contributed by atoms with Gasteiger partial charge in [-0.1, -0.05) is 75.2 Å². The fourth-order valence-electron chi connectivity index (χ4n) is 3.00. The molecular weight excluding hydrogens is 340 g/mol. The zero-order chi connectivity index (χ0) is 19.6. The van der Waals surface area contributed by atoms with Gasteiger partial charge < -0.3 is 14.9 Å². The Morgan fingerprint density at radius 2 is 1.56 bits per heavy atom. The van der Waals surface area contributed by atoms with Gasteiger partial charge in [0.25, 0.3) is 0 Å². The van der Waals surface area contributed by atoms with Gasteiger partial charge >= 0.3 is 5.97 Å². The van der Waals surface area contributed by atoms with Crippen LogP contribution in [0.15, 0.2) is 48.5 Å². The first-order valence-corrected chi connectivity index (χ1v) is 9.76. The van der Waals surface area contributed by atoms with Crippen molar-refractivity contribution in [2.45, 2.75) is 58.2 Å². The number of aryl methyl sites for hydroxylation is 1. The Kier molecular flexibility index (Phi) is 8.49. The van der Waals surface area contributed by atoms with Crippen LogP contribution in [0.5, 0.6) is 0 Å². The van der Waals surface area contributed by atoms with Crippen molar-refractivity contribution in [1.29, 1.82) is 0 Å². The second kappa shape index (κ2) is 10.9. The quantitative estimate of drug-likeness (QED) is 0.479. The average Bonchev–Trinajstić information content (AvgIpc) is 2.72. The Morgan fingerprint density at radius 1 is 0.963 bits per heavy atom. The van der Waals surface area contributed by atoms with E-state index in [0.717, 1.165) is 17.5 Å². The van der Waals surface area contributed by atoms with Crippen LogP contribution in [-0.2, 0) is 16.0 Å². The van der Waals surface area contributed by atoms with Crippen LogP contribution in [-0.4, -0.2) is 28.9 Å². The van der Waals surface area contributed by atoms with Crippen molar-refractivity contribution >= 4 is 5.97 Å². The highest BCUT2D eigenvalue weighted by atomic mass is 16.6. The summed E-state index contributed by atoms with van der Waals surface area (Å²) >= 11 is 0. The number of aliphatic hydroxyl groups excluding tert-OH is 2. The molecule has 4 heteroatoms. The number of esters is 1. The van der Waals surface area contributed by atoms with Gasteiger partial charge in [-0.3, -0.25) is 4.79 Å². The van der Waals surface area contributed by atoms with Crippen LogP contribution in [0.25, 0.3) is 11.1 Å². The van der Waals surface area contributed by atoms with Crippen molar-refractivity contribution in [3.05, 3.63) is 59.7 Å². The molecule has 0 amide bonds. The third-order valence-corrected chi connectivity index (χ3v) is 4.68. The molecule has 146 valence electrons. The van der Waals surface area contributed by atoms with Gasteiger partial charge in [-0.05, 0) is 35.1 Å². The van der Waals surface area contributed by atoms with Gasteiger partial charge in [0.05, 0.1) is 6.61 Å². The predicted molar refractivity (Wildman–Crippen MR) is 107 cm³/mol. The summed E-state index contributed by atoms with van der Waals surface area (Å²) in [6.45, 7) is 3.43. The van der Waals surface area contributed by atoms with E-state index in [1.54, 1.807) is 6.92 Å². The lowest BCUT2D eigenvalue weighted by atomic mass is 9.98. The zero-order valence-electron chi connectivity index (χ0n) is 16.2. The third-order valence-electron chi connectivity index (χ3n) is 4.68. The van der Waals surface area contributed by atoms with Crippen LogP contribution >= 0.6 is 0 Å². The Morgan fingerprint density at radius 3 is 2.07 bits per heavy atom. The lowest BCUT2D eigenvalue weighted by molar-refractivity contribution is -0.156. The summed E-state index contributed by atoms with van der Waals surface area (Å²) in [4.78, 5) is 11.6. The summed E-state index contributed by atoms with van der Waals surface area (Å²) in [5.41, 5.74) is 4.18. The number of hydrogen-bond acceptors (Lipinski definition) is 4. The van der Waals surface area contributed by atoms with Gasteiger partial charge in [-0.25, -0.2) is 0 Å². The monoisotopic (exact) mass is 370 g/mol. The zero-order valence-corrected chi connectivity index (χ0v) is 16.2. The molecule has 0 aliphatic carbocycles. The second-order valence-corrected chi connectivity index (χ2v) is 6.79. The molecule has 0 saturated carbocycles. The van der Waals surface area contributed by atoms with E-state index in [9.17, 15) is 15.0 Å². The summed E-state index contributed by atoms with van der Waals surface area (Å²) in [5, 5.41) is 19.2. The average molecular weight is 370 g/mol. The van der Waals surface area contributed by atoms with E-state index < -0.39 is 24.8 Å². The number of ether oxygens (including phenoxy) is 1. The Balaban J connectivity index is 2.11. The SMILES string of the molecule is CCCCCc1ccc(-c2ccc(C(OC(=O)CC)C(O)CO)cc2)cc1. The summed E-state index contributed by atoms with van der Waals surface area (Å²) in [7, 11) is 0. The fourth-order valence-corrected chi connectivity index (χ4v) is 3.00. The summed E-state index contributed by atoms with van der Waals surface area (Å²) in [6, 6.07) is 16.1. The molecule has 2 aromatic carbocycles. The standard InChI is InChI=1S/C23H30O4/c1-3-5-6-7-17-8-10-18(11-9-17)19-12-14-20(15-13-19)23(21(25)16-24)27-22(26)4-2/h8-15,21,23-25H,3-7,16H2,1-2H3. The Labute approximate surface area is 161 Å². The number of hydrogen-bond donors (Lipinski definition) is 2. The van der Waals surface area contributed by atoms with Gasteiger partial charge in [0.1, 0.15) is 6.10 Å². The van der Waals surface area contributed by atoms with Gasteiger partial charge in [0.2, 0.25) is 0 Å². The molecule has 0 aromatic heterocycles. The minimum Gasteiger partial charge on any atom is -0.455 e. The van der Waals surface area contributed by atoms with E-state index >= 15 is 0 Å². The van der Waals surface area contributed by atoms with Crippen molar-refractivity contribution in [3.63, 3.8) is 0 Å². The summed E-state index contributed by atoms with van der Waals surface area (Å²) in [6.07, 6.45) is 3.02. The molecule has 0 spiro atoms. The van der Waals surface area contributed by atoms with Crippen LogP contribution in [0, 0.1) is 0 Å². The van der Waals surface area contributed by atoms with E-state index in [4.69, 9.17) is 4.74 Å². The molecule has 27 heavy (non-hydrogen) atoms. The molecular formula is C23H30O4. The topological polar surface area (TPSA) is 66.8 Å². The number of aliphatic hydroxyl groups is 2. The van der Waals surface area contributed by atoms with Crippen molar-refractivity contribution < 1.29 is 19.7 Å². The molecule has 0 saturated heterocycles. The lowest BCUT2D eigenvalue weighted by Crippen LogP contribution is -2.26. The number of carbonyl (C=O) groups is 1. The third kappa shape index (κ3) is 6.19. The Bertz CT molecular complexity index is 691. The molecule has 2 aromatic rings. The molecule has 2 atom stereocenters. The van der Waals surface area contributed by atoms with Crippen LogP contribution in [0.2, 0.25) is 0 Å². The Hall–Kier alpha value is -2.17. The van der Waals surface area contributed by atoms with Crippen molar-refractivity contribution in [2.24, 2.45) is 0 Å². The summed E-state index contributed by atoms with van der Waals surface area (Å²) < 4.78 is 5.30. The first kappa shape index (κ1) is 21.1. The molecule has 2 rings (SSSR count). The van der Waals surface area contributed by atoms with Gasteiger partial charge in [0, 0.05) is 6.42 Å². The second-order valence-electron chi connectivity index (χ2n) is 6.79. The van der Waals surface area contributed by atoms with Crippen molar-refractivity contribution in [3.8, 4) is 11.1 Å². The maximum Gasteiger partial charge on any atom is 0.306 e. The number of carbonyl (C=O) groups excluding carboxylic acids is 1. The largest absolute Gasteiger partial charge is 0.455 e. The normalized spacial score (nSPS) is 13.2. The molecule has 2 unspecified atom stereocenters. The van der Waals surface area contributed by atoms with Gasteiger partial charge in [-0.15, -0.1) is 0 Å². The fraction of sp³-hybridized carbons (Fsp3) is 0.435. The smallest absolute Gasteiger partial charge is 0.306 e. The number of benzene rings is 2. The molecule has 0 radical (unpaired) electrons. The molecule has 0 aliphatic rings. The lowest BCUT2D eigenvalue weighted by Gasteiger charge is -2.22. The maximum absolute atomic E-state index is 11.6. The first-order valence-electron chi connectivity index (χ1n) is 9.76. The molecule has 0 bridgehead atoms. The van der Waals surface area contributed by atoms with E-state index in [0.29, 0.717) is 5.56 Å². The van der Waals surface area contributed by atoms with Crippen molar-refractivity contribution in [1.82, 2.24) is 0 Å². The molecule has 4 nitrogen and oxygen atoms in total. The molecule has 2 N–H and O–H groups in total. The highest BCUT2D eigenvalue weighted by Gasteiger charge is 2.24. The number of rotatable bonds is 10. The van der Waals surface area contributed by atoms with Gasteiger partial charge in [-0.2, -0.15) is 0 Å². The van der Waals surface area contributed by atoms with Crippen LogP contribution in [0.1, 0.15) is 56.8 Å². The van der Waals surface area contributed by atoms with E-state index in [-0.39, 0.29) is 6.42 Å². The highest BCUT2D eigenvalue weighted by molar-refractivity contribution is 5.69. The minimum absolute atomic E-state index is 0.220. The molecule has 0 heterocycles. The predicted octanol–water partition coefficient (Wildman–Crippen LogP) is 4.43. The van der Waals surface area contributed by atoms with E-state index in [1.807, 2.05) is 24.3 Å². The van der Waals surface area contributed by atoms with Gasteiger partial charge in [0.15, 0.2) is 6.10 Å². The number of unbranched alkanes of at least 4 members (excludes halogenated alkanes) is 2. The van der Waals surface area contributed by atoms with Crippen LogP contribution < -0.4 is 0 Å². The van der Waals surface area contributed by atoms with Crippen molar-refractivity contribution in [2.75, 3.05) is 6.61 Å². The maximum atomic E-state index is 11.6. The minimum atomic E-state index is -1.14. The van der Waals surface area contributed by atoms with Crippen LogP contribution in [0.3, 0.4) is 0 Å². The summed E-state index contributed by atoms with van der Waals surface area (Å²) in [5.74, 6) is -0.407. The highest BCUT2D eigenvalue weighted by Crippen LogP contribution is 2.26. The first-order chi connectivity index (χ1) is 13.1. The van der Waals surface area contributed by atoms with E-state index in [2.05, 4.69) is 31.2 Å².